The average Bonchev–Trinajstić information content (AvgIpc) is 2.45. The largest absolute Gasteiger partial charge is 0.324 e. The SMILES string of the molecule is Cc1cccc(C)c1Cn1c2c(ccc1=O)C(N)CCC2. The van der Waals surface area contributed by atoms with E-state index in [4.69, 9.17) is 5.73 Å². The molecule has 2 N–H and O–H groups in total. The van der Waals surface area contributed by atoms with E-state index in [1.807, 2.05) is 10.6 Å². The summed E-state index contributed by atoms with van der Waals surface area (Å²) in [5.74, 6) is 0. The molecule has 1 heterocycles. The Hall–Kier alpha value is -1.87. The molecule has 0 bridgehead atoms. The van der Waals surface area contributed by atoms with E-state index in [-0.39, 0.29) is 11.6 Å². The van der Waals surface area contributed by atoms with Crippen LogP contribution in [0.3, 0.4) is 0 Å². The van der Waals surface area contributed by atoms with Crippen LogP contribution in [0.4, 0.5) is 0 Å². The number of benzene rings is 1. The number of hydrogen-bond donors (Lipinski definition) is 1. The van der Waals surface area contributed by atoms with Crippen molar-refractivity contribution in [2.45, 2.75) is 45.7 Å². The summed E-state index contributed by atoms with van der Waals surface area (Å²) in [7, 11) is 0. The lowest BCUT2D eigenvalue weighted by molar-refractivity contribution is 0.529. The van der Waals surface area contributed by atoms with Gasteiger partial charge in [-0.1, -0.05) is 24.3 Å². The van der Waals surface area contributed by atoms with E-state index in [0.29, 0.717) is 6.54 Å². The Balaban J connectivity index is 2.11. The maximum atomic E-state index is 12.3. The van der Waals surface area contributed by atoms with Gasteiger partial charge in [-0.15, -0.1) is 0 Å². The van der Waals surface area contributed by atoms with Gasteiger partial charge in [0.05, 0.1) is 6.54 Å². The fourth-order valence-electron chi connectivity index (χ4n) is 3.33. The zero-order valence-corrected chi connectivity index (χ0v) is 12.7. The summed E-state index contributed by atoms with van der Waals surface area (Å²) in [5, 5.41) is 0. The molecule has 3 nitrogen and oxygen atoms in total. The van der Waals surface area contributed by atoms with Gasteiger partial charge in [0.2, 0.25) is 0 Å². The molecule has 110 valence electrons. The lowest BCUT2D eigenvalue weighted by atomic mass is 9.91. The number of pyridine rings is 1. The molecule has 1 unspecified atom stereocenters. The van der Waals surface area contributed by atoms with Gasteiger partial charge in [0.1, 0.15) is 0 Å². The Morgan fingerprint density at radius 3 is 2.62 bits per heavy atom. The molecule has 3 rings (SSSR count). The van der Waals surface area contributed by atoms with Crippen molar-refractivity contribution in [2.75, 3.05) is 0 Å². The predicted octanol–water partition coefficient (Wildman–Crippen LogP) is 2.85. The number of nitrogens with zero attached hydrogens (tertiary/aromatic N) is 1. The van der Waals surface area contributed by atoms with Gasteiger partial charge in [-0.3, -0.25) is 4.79 Å². The molecule has 1 aromatic heterocycles. The standard InChI is InChI=1S/C18H22N2O/c1-12-5-3-6-13(2)15(12)11-20-17-8-4-7-16(19)14(17)9-10-18(20)21/h3,5-6,9-10,16H,4,7-8,11,19H2,1-2H3. The molecule has 0 aliphatic heterocycles. The van der Waals surface area contributed by atoms with E-state index < -0.39 is 0 Å². The minimum Gasteiger partial charge on any atom is -0.324 e. The zero-order chi connectivity index (χ0) is 15.0. The van der Waals surface area contributed by atoms with Gasteiger partial charge in [0.25, 0.3) is 5.56 Å². The molecule has 2 aromatic rings. The summed E-state index contributed by atoms with van der Waals surface area (Å²) in [4.78, 5) is 12.3. The lowest BCUT2D eigenvalue weighted by Gasteiger charge is -2.26. The number of rotatable bonds is 2. The summed E-state index contributed by atoms with van der Waals surface area (Å²) in [6.07, 6.45) is 3.02. The Kier molecular flexibility index (Phi) is 3.68. The van der Waals surface area contributed by atoms with Gasteiger partial charge < -0.3 is 10.3 Å². The fourth-order valence-corrected chi connectivity index (χ4v) is 3.33. The highest BCUT2D eigenvalue weighted by Gasteiger charge is 2.20. The van der Waals surface area contributed by atoms with Crippen LogP contribution >= 0.6 is 0 Å². The van der Waals surface area contributed by atoms with Crippen LogP contribution in [0.2, 0.25) is 0 Å². The molecular weight excluding hydrogens is 260 g/mol. The fraction of sp³-hybridized carbons (Fsp3) is 0.389. The normalized spacial score (nSPS) is 17.6. The molecule has 1 atom stereocenters. The highest BCUT2D eigenvalue weighted by Crippen LogP contribution is 2.27. The van der Waals surface area contributed by atoms with Crippen molar-refractivity contribution in [3.63, 3.8) is 0 Å². The van der Waals surface area contributed by atoms with Crippen molar-refractivity contribution in [3.05, 3.63) is 68.6 Å². The van der Waals surface area contributed by atoms with Crippen molar-refractivity contribution in [2.24, 2.45) is 5.73 Å². The molecule has 1 aromatic carbocycles. The van der Waals surface area contributed by atoms with Gasteiger partial charge in [0.15, 0.2) is 0 Å². The molecule has 21 heavy (non-hydrogen) atoms. The third-order valence-corrected chi connectivity index (χ3v) is 4.62. The monoisotopic (exact) mass is 282 g/mol. The van der Waals surface area contributed by atoms with Crippen LogP contribution < -0.4 is 11.3 Å². The first-order valence-corrected chi connectivity index (χ1v) is 7.61. The second-order valence-electron chi connectivity index (χ2n) is 6.03. The van der Waals surface area contributed by atoms with E-state index in [1.165, 1.54) is 16.7 Å². The van der Waals surface area contributed by atoms with Crippen LogP contribution in [0, 0.1) is 13.8 Å². The molecular formula is C18H22N2O. The summed E-state index contributed by atoms with van der Waals surface area (Å²) in [5.41, 5.74) is 12.3. The van der Waals surface area contributed by atoms with E-state index in [9.17, 15) is 4.79 Å². The van der Waals surface area contributed by atoms with Crippen molar-refractivity contribution >= 4 is 0 Å². The molecule has 0 saturated heterocycles. The minimum absolute atomic E-state index is 0.0681. The summed E-state index contributed by atoms with van der Waals surface area (Å²) >= 11 is 0. The number of hydrogen-bond acceptors (Lipinski definition) is 2. The van der Waals surface area contributed by atoms with Gasteiger partial charge >= 0.3 is 0 Å². The van der Waals surface area contributed by atoms with Crippen LogP contribution in [0.5, 0.6) is 0 Å². The van der Waals surface area contributed by atoms with Gasteiger partial charge in [-0.25, -0.2) is 0 Å². The minimum atomic E-state index is 0.0681. The molecule has 1 aliphatic carbocycles. The second-order valence-corrected chi connectivity index (χ2v) is 6.03. The summed E-state index contributed by atoms with van der Waals surface area (Å²) in [6.45, 7) is 4.86. The first kappa shape index (κ1) is 14.1. The van der Waals surface area contributed by atoms with Crippen LogP contribution in [0.15, 0.2) is 35.1 Å². The quantitative estimate of drug-likeness (QED) is 0.920. The molecule has 0 fully saturated rings. The van der Waals surface area contributed by atoms with Crippen molar-refractivity contribution in [1.82, 2.24) is 4.57 Å². The van der Waals surface area contributed by atoms with Crippen LogP contribution in [0.25, 0.3) is 0 Å². The Morgan fingerprint density at radius 2 is 1.90 bits per heavy atom. The predicted molar refractivity (Wildman–Crippen MR) is 85.6 cm³/mol. The molecule has 0 saturated carbocycles. The summed E-state index contributed by atoms with van der Waals surface area (Å²) in [6, 6.07) is 9.93. The van der Waals surface area contributed by atoms with E-state index in [2.05, 4.69) is 32.0 Å². The van der Waals surface area contributed by atoms with Crippen molar-refractivity contribution < 1.29 is 0 Å². The second kappa shape index (κ2) is 5.49. The van der Waals surface area contributed by atoms with Gasteiger partial charge in [-0.05, 0) is 55.4 Å². The highest BCUT2D eigenvalue weighted by atomic mass is 16.1. The third kappa shape index (κ3) is 2.54. The summed E-state index contributed by atoms with van der Waals surface area (Å²) < 4.78 is 1.92. The van der Waals surface area contributed by atoms with E-state index in [0.717, 1.165) is 30.5 Å². The molecule has 3 heteroatoms. The number of aryl methyl sites for hydroxylation is 2. The molecule has 1 aliphatic rings. The first-order valence-electron chi connectivity index (χ1n) is 7.61. The smallest absolute Gasteiger partial charge is 0.251 e. The van der Waals surface area contributed by atoms with Crippen LogP contribution in [0.1, 0.15) is 46.8 Å². The number of fused-ring (bicyclic) bond motifs is 1. The maximum absolute atomic E-state index is 12.3. The van der Waals surface area contributed by atoms with Crippen molar-refractivity contribution in [3.8, 4) is 0 Å². The molecule has 0 spiro atoms. The number of nitrogens with two attached hydrogens (primary N) is 1. The van der Waals surface area contributed by atoms with Crippen molar-refractivity contribution in [1.29, 1.82) is 0 Å². The van der Waals surface area contributed by atoms with Gasteiger partial charge in [-0.2, -0.15) is 0 Å². The Labute approximate surface area is 125 Å². The molecule has 0 radical (unpaired) electrons. The maximum Gasteiger partial charge on any atom is 0.251 e. The third-order valence-electron chi connectivity index (χ3n) is 4.62. The average molecular weight is 282 g/mol. The zero-order valence-electron chi connectivity index (χ0n) is 12.7. The Bertz CT molecular complexity index is 710. The Morgan fingerprint density at radius 1 is 1.19 bits per heavy atom. The molecule has 0 amide bonds. The lowest BCUT2D eigenvalue weighted by Crippen LogP contribution is -2.30. The van der Waals surface area contributed by atoms with E-state index in [1.54, 1.807) is 6.07 Å². The highest BCUT2D eigenvalue weighted by molar-refractivity contribution is 5.35. The van der Waals surface area contributed by atoms with E-state index >= 15 is 0 Å². The van der Waals surface area contributed by atoms with Crippen LogP contribution in [-0.2, 0) is 13.0 Å². The number of aromatic nitrogens is 1. The van der Waals surface area contributed by atoms with Gasteiger partial charge in [0, 0.05) is 17.8 Å². The topological polar surface area (TPSA) is 48.0 Å². The first-order chi connectivity index (χ1) is 10.1. The van der Waals surface area contributed by atoms with Crippen LogP contribution in [-0.4, -0.2) is 4.57 Å².